The average molecular weight is 203 g/mol. The van der Waals surface area contributed by atoms with Crippen molar-refractivity contribution in [2.24, 2.45) is 0 Å². The second-order valence-electron chi connectivity index (χ2n) is 2.62. The van der Waals surface area contributed by atoms with Crippen LogP contribution in [0.25, 0.3) is 0 Å². The van der Waals surface area contributed by atoms with E-state index in [0.29, 0.717) is 0 Å². The molecule has 0 aliphatic carbocycles. The van der Waals surface area contributed by atoms with E-state index >= 15 is 0 Å². The zero-order valence-corrected chi connectivity index (χ0v) is 8.30. The van der Waals surface area contributed by atoms with Gasteiger partial charge in [-0.1, -0.05) is 0 Å². The van der Waals surface area contributed by atoms with Crippen LogP contribution in [0.2, 0.25) is 0 Å². The highest BCUT2D eigenvalue weighted by Gasteiger charge is 2.15. The normalized spacial score (nSPS) is 9.71. The van der Waals surface area contributed by atoms with Gasteiger partial charge in [-0.25, -0.2) is 19.9 Å². The van der Waals surface area contributed by atoms with Crippen LogP contribution >= 0.6 is 7.55 Å². The summed E-state index contributed by atoms with van der Waals surface area (Å²) in [7, 11) is -0.671. The van der Waals surface area contributed by atoms with Crippen molar-refractivity contribution in [3.8, 4) is 0 Å². The first-order valence-corrected chi connectivity index (χ1v) is 5.51. The van der Waals surface area contributed by atoms with Crippen molar-refractivity contribution in [3.63, 3.8) is 0 Å². The molecule has 0 fully saturated rings. The topological polar surface area (TPSA) is 51.6 Å². The van der Waals surface area contributed by atoms with Gasteiger partial charge in [0.15, 0.2) is 18.2 Å². The highest BCUT2D eigenvalue weighted by molar-refractivity contribution is 7.70. The molecule has 0 N–H and O–H groups in total. The first-order chi connectivity index (χ1) is 6.88. The van der Waals surface area contributed by atoms with E-state index in [0.717, 1.165) is 10.6 Å². The molecule has 0 saturated carbocycles. The number of nitrogens with zero attached hydrogens (tertiary/aromatic N) is 4. The summed E-state index contributed by atoms with van der Waals surface area (Å²) in [6.45, 7) is 0. The molecule has 5 heteroatoms. The minimum absolute atomic E-state index is 0.671. The maximum atomic E-state index is 4.08. The second-order valence-corrected chi connectivity index (χ2v) is 4.51. The molecule has 0 aliphatic heterocycles. The van der Waals surface area contributed by atoms with Crippen molar-refractivity contribution in [1.82, 2.24) is 19.9 Å². The summed E-state index contributed by atoms with van der Waals surface area (Å²) >= 11 is 0. The van der Waals surface area contributed by atoms with Crippen molar-refractivity contribution in [2.45, 2.75) is 0 Å². The molecular formula is C9H8N4P+. The lowest BCUT2D eigenvalue weighted by molar-refractivity contribution is 1.18. The Morgan fingerprint density at radius 1 is 0.786 bits per heavy atom. The van der Waals surface area contributed by atoms with Crippen LogP contribution < -0.4 is 10.6 Å². The standard InChI is InChI=1S/C9H8N4P/c1-14(8-2-10-6-11-3-8)9-4-12-7-13-5-9/h2-7H,1H2/q+1. The molecule has 2 aromatic rings. The average Bonchev–Trinajstić information content (AvgIpc) is 2.30. The fraction of sp³-hybridized carbons (Fsp3) is 0. The van der Waals surface area contributed by atoms with Crippen LogP contribution in [-0.4, -0.2) is 26.2 Å². The quantitative estimate of drug-likeness (QED) is 0.651. The number of rotatable bonds is 2. The van der Waals surface area contributed by atoms with Gasteiger partial charge in [-0.2, -0.15) is 0 Å². The molecule has 0 bridgehead atoms. The summed E-state index contributed by atoms with van der Waals surface area (Å²) in [6, 6.07) is 0. The van der Waals surface area contributed by atoms with Crippen molar-refractivity contribution in [3.05, 3.63) is 37.4 Å². The van der Waals surface area contributed by atoms with Gasteiger partial charge < -0.3 is 0 Å². The van der Waals surface area contributed by atoms with Gasteiger partial charge in [0.1, 0.15) is 12.7 Å². The molecule has 4 nitrogen and oxygen atoms in total. The molecule has 0 unspecified atom stereocenters. The number of aromatic nitrogens is 4. The highest BCUT2D eigenvalue weighted by Crippen LogP contribution is 2.15. The highest BCUT2D eigenvalue weighted by atomic mass is 31.1. The smallest absolute Gasteiger partial charge is 0.190 e. The summed E-state index contributed by atoms with van der Waals surface area (Å²) in [5.74, 6) is 0. The van der Waals surface area contributed by atoms with Gasteiger partial charge in [-0.3, -0.25) is 0 Å². The summed E-state index contributed by atoms with van der Waals surface area (Å²) in [6.07, 6.45) is 14.2. The minimum Gasteiger partial charge on any atom is -0.240 e. The Bertz CT molecular complexity index is 388. The molecule has 0 atom stereocenters. The van der Waals surface area contributed by atoms with E-state index in [1.165, 1.54) is 12.7 Å². The molecule has 2 aromatic heterocycles. The van der Waals surface area contributed by atoms with E-state index in [-0.39, 0.29) is 0 Å². The van der Waals surface area contributed by atoms with Crippen LogP contribution in [0.4, 0.5) is 0 Å². The van der Waals surface area contributed by atoms with Crippen LogP contribution in [0.5, 0.6) is 0 Å². The van der Waals surface area contributed by atoms with Crippen LogP contribution in [0.3, 0.4) is 0 Å². The van der Waals surface area contributed by atoms with Crippen LogP contribution in [0.15, 0.2) is 37.4 Å². The Balaban J connectivity index is 2.35. The third kappa shape index (κ3) is 1.80. The summed E-state index contributed by atoms with van der Waals surface area (Å²) < 4.78 is 0. The van der Waals surface area contributed by atoms with E-state index in [9.17, 15) is 0 Å². The molecule has 14 heavy (non-hydrogen) atoms. The van der Waals surface area contributed by atoms with Gasteiger partial charge in [0, 0.05) is 0 Å². The molecule has 68 valence electrons. The van der Waals surface area contributed by atoms with Crippen LogP contribution in [0, 0.1) is 0 Å². The van der Waals surface area contributed by atoms with Gasteiger partial charge in [0.25, 0.3) is 0 Å². The Kier molecular flexibility index (Phi) is 2.56. The molecule has 0 saturated heterocycles. The van der Waals surface area contributed by atoms with Crippen molar-refractivity contribution in [1.29, 1.82) is 0 Å². The Hall–Kier alpha value is -1.67. The summed E-state index contributed by atoms with van der Waals surface area (Å²) in [5.41, 5.74) is 0. The fourth-order valence-electron chi connectivity index (χ4n) is 1.01. The molecule has 0 radical (unpaired) electrons. The molecule has 0 spiro atoms. The summed E-state index contributed by atoms with van der Waals surface area (Å²) in [4.78, 5) is 15.8. The van der Waals surface area contributed by atoms with Crippen LogP contribution in [0.1, 0.15) is 0 Å². The third-order valence-corrected chi connectivity index (χ3v) is 3.43. The predicted octanol–water partition coefficient (Wildman–Crippen LogP) is 0.131. The largest absolute Gasteiger partial charge is 0.240 e. The molecular weight excluding hydrogens is 195 g/mol. The lowest BCUT2D eigenvalue weighted by atomic mass is 10.7. The minimum atomic E-state index is -0.671. The van der Waals surface area contributed by atoms with E-state index in [1.54, 1.807) is 24.8 Å². The fourth-order valence-corrected chi connectivity index (χ4v) is 2.13. The zero-order valence-electron chi connectivity index (χ0n) is 7.41. The lowest BCUT2D eigenvalue weighted by Gasteiger charge is -1.91. The van der Waals surface area contributed by atoms with E-state index < -0.39 is 7.55 Å². The van der Waals surface area contributed by atoms with Crippen molar-refractivity contribution in [2.75, 3.05) is 0 Å². The van der Waals surface area contributed by atoms with Crippen LogP contribution in [-0.2, 0) is 0 Å². The predicted molar refractivity (Wildman–Crippen MR) is 57.4 cm³/mol. The van der Waals surface area contributed by atoms with E-state index in [4.69, 9.17) is 0 Å². The van der Waals surface area contributed by atoms with E-state index in [1.807, 2.05) is 0 Å². The maximum Gasteiger partial charge on any atom is 0.190 e. The maximum absolute atomic E-state index is 4.08. The Morgan fingerprint density at radius 3 is 1.50 bits per heavy atom. The Labute approximate surface area is 82.5 Å². The van der Waals surface area contributed by atoms with Gasteiger partial charge >= 0.3 is 0 Å². The van der Waals surface area contributed by atoms with Gasteiger partial charge in [0.05, 0.1) is 31.1 Å². The van der Waals surface area contributed by atoms with Crippen molar-refractivity contribution >= 4 is 24.5 Å². The second kappa shape index (κ2) is 4.03. The SMILES string of the molecule is C=[P+](c1cncnc1)c1cncnc1. The molecule has 0 amide bonds. The molecule has 0 aliphatic rings. The number of hydrogen-bond donors (Lipinski definition) is 0. The van der Waals surface area contributed by atoms with E-state index in [2.05, 4.69) is 26.2 Å². The van der Waals surface area contributed by atoms with Crippen molar-refractivity contribution < 1.29 is 0 Å². The van der Waals surface area contributed by atoms with Gasteiger partial charge in [0.2, 0.25) is 0 Å². The number of hydrogen-bond acceptors (Lipinski definition) is 4. The molecule has 0 aromatic carbocycles. The Morgan fingerprint density at radius 2 is 1.14 bits per heavy atom. The lowest BCUT2D eigenvalue weighted by Crippen LogP contribution is -2.09. The molecule has 2 rings (SSSR count). The third-order valence-electron chi connectivity index (χ3n) is 1.72. The summed E-state index contributed by atoms with van der Waals surface area (Å²) in [5, 5.41) is 2.05. The zero-order chi connectivity index (χ0) is 9.80. The monoisotopic (exact) mass is 203 g/mol. The van der Waals surface area contributed by atoms with Gasteiger partial charge in [-0.15, -0.1) is 0 Å². The molecule has 2 heterocycles. The van der Waals surface area contributed by atoms with Gasteiger partial charge in [-0.05, 0) is 0 Å². The first-order valence-electron chi connectivity index (χ1n) is 3.98. The first kappa shape index (κ1) is 8.91.